The Labute approximate surface area is 242 Å². The van der Waals surface area contributed by atoms with Crippen LogP contribution >= 0.6 is 0 Å². The Morgan fingerprint density at radius 3 is 1.81 bits per heavy atom. The third-order valence-corrected chi connectivity index (χ3v) is 7.51. The quantitative estimate of drug-likeness (QED) is 0.151. The molecule has 216 valence electrons. The lowest BCUT2D eigenvalue weighted by Crippen LogP contribution is -2.35. The zero-order chi connectivity index (χ0) is 30.4. The van der Waals surface area contributed by atoms with Gasteiger partial charge in [-0.3, -0.25) is 19.2 Å². The Morgan fingerprint density at radius 1 is 0.571 bits per heavy atom. The molecule has 0 spiro atoms. The minimum Gasteiger partial charge on any atom is -0.481 e. The van der Waals surface area contributed by atoms with Crippen LogP contribution in [0.1, 0.15) is 38.5 Å². The first-order valence-electron chi connectivity index (χ1n) is 13.4. The molecule has 4 rings (SSSR count). The Kier molecular flexibility index (Phi) is 9.46. The van der Waals surface area contributed by atoms with Gasteiger partial charge in [-0.25, -0.2) is 0 Å². The molecule has 2 aliphatic rings. The fourth-order valence-electron chi connectivity index (χ4n) is 5.39. The predicted molar refractivity (Wildman–Crippen MR) is 156 cm³/mol. The van der Waals surface area contributed by atoms with Gasteiger partial charge >= 0.3 is 17.9 Å². The molecule has 0 bridgehead atoms. The molecule has 0 unspecified atom stereocenters. The van der Waals surface area contributed by atoms with Crippen LogP contribution in [0.5, 0.6) is 0 Å². The number of benzene rings is 2. The Balaban J connectivity index is 1.87. The molecule has 9 nitrogen and oxygen atoms in total. The van der Waals surface area contributed by atoms with E-state index >= 15 is 0 Å². The molecule has 0 fully saturated rings. The van der Waals surface area contributed by atoms with Gasteiger partial charge in [-0.05, 0) is 52.6 Å². The molecule has 7 N–H and O–H groups in total. The van der Waals surface area contributed by atoms with Crippen LogP contribution in [0.15, 0.2) is 91.0 Å². The maximum atomic E-state index is 14.4. The molecule has 0 saturated heterocycles. The highest BCUT2D eigenvalue weighted by molar-refractivity contribution is 6.02. The third-order valence-electron chi connectivity index (χ3n) is 7.51. The van der Waals surface area contributed by atoms with Crippen LogP contribution in [0.2, 0.25) is 0 Å². The molecule has 0 heterocycles. The van der Waals surface area contributed by atoms with E-state index in [-0.39, 0.29) is 24.8 Å². The van der Waals surface area contributed by atoms with Crippen LogP contribution in [0.4, 0.5) is 0 Å². The zero-order valence-corrected chi connectivity index (χ0v) is 22.7. The summed E-state index contributed by atoms with van der Waals surface area (Å²) in [4.78, 5) is 50.5. The monoisotopic (exact) mass is 568 g/mol. The van der Waals surface area contributed by atoms with Crippen molar-refractivity contribution in [3.8, 4) is 11.1 Å². The van der Waals surface area contributed by atoms with Gasteiger partial charge < -0.3 is 26.8 Å². The number of carbonyl (C=O) groups is 4. The van der Waals surface area contributed by atoms with Crippen molar-refractivity contribution in [2.24, 2.45) is 17.4 Å². The van der Waals surface area contributed by atoms with Crippen molar-refractivity contribution in [1.82, 2.24) is 0 Å². The lowest BCUT2D eigenvalue weighted by atomic mass is 9.75. The van der Waals surface area contributed by atoms with Gasteiger partial charge in [-0.2, -0.15) is 0 Å². The predicted octanol–water partition coefficient (Wildman–Crippen LogP) is 3.61. The fourth-order valence-corrected chi connectivity index (χ4v) is 5.39. The van der Waals surface area contributed by atoms with Gasteiger partial charge in [0, 0.05) is 11.5 Å². The largest absolute Gasteiger partial charge is 0.481 e. The molecule has 4 atom stereocenters. The van der Waals surface area contributed by atoms with Crippen molar-refractivity contribution in [3.05, 3.63) is 119 Å². The van der Waals surface area contributed by atoms with Gasteiger partial charge in [0.25, 0.3) is 0 Å². The van der Waals surface area contributed by atoms with E-state index in [0.717, 1.165) is 16.7 Å². The number of carboxylic acid groups (broad SMARTS) is 3. The number of fused-ring (bicyclic) bond motifs is 1. The van der Waals surface area contributed by atoms with Crippen LogP contribution < -0.4 is 11.5 Å². The summed E-state index contributed by atoms with van der Waals surface area (Å²) in [5.41, 5.74) is 15.5. The molecular formula is C33H32N2O7. The number of carboxylic acids is 3. The van der Waals surface area contributed by atoms with Crippen molar-refractivity contribution in [2.45, 2.75) is 37.3 Å². The molecule has 0 saturated carbocycles. The second kappa shape index (κ2) is 13.2. The van der Waals surface area contributed by atoms with Crippen LogP contribution in [0.25, 0.3) is 11.1 Å². The molecule has 0 amide bonds. The first kappa shape index (κ1) is 30.1. The minimum atomic E-state index is -1.36. The van der Waals surface area contributed by atoms with E-state index in [1.165, 1.54) is 0 Å². The number of hydrogen-bond donors (Lipinski definition) is 5. The van der Waals surface area contributed by atoms with Gasteiger partial charge in [-0.1, -0.05) is 91.0 Å². The molecule has 42 heavy (non-hydrogen) atoms. The van der Waals surface area contributed by atoms with Crippen molar-refractivity contribution >= 4 is 23.7 Å². The van der Waals surface area contributed by atoms with Gasteiger partial charge in [-0.15, -0.1) is 0 Å². The number of Topliss-reactive ketones (excluding diaryl/α,β-unsaturated/α-hetero) is 1. The van der Waals surface area contributed by atoms with Gasteiger partial charge in [0.15, 0.2) is 5.78 Å². The highest BCUT2D eigenvalue weighted by Gasteiger charge is 2.38. The highest BCUT2D eigenvalue weighted by atomic mass is 16.4. The van der Waals surface area contributed by atoms with Gasteiger partial charge in [0.1, 0.15) is 12.1 Å². The van der Waals surface area contributed by atoms with E-state index in [9.17, 15) is 34.5 Å². The smallest absolute Gasteiger partial charge is 0.320 e. The Bertz CT molecular complexity index is 1580. The number of nitrogens with two attached hydrogens (primary N) is 2. The first-order valence-corrected chi connectivity index (χ1v) is 13.4. The average molecular weight is 569 g/mol. The maximum Gasteiger partial charge on any atom is 0.320 e. The van der Waals surface area contributed by atoms with Crippen LogP contribution in [0, 0.1) is 5.92 Å². The molecule has 2 aromatic carbocycles. The summed E-state index contributed by atoms with van der Waals surface area (Å²) in [6, 6.07) is 23.7. The number of carbonyl (C=O) groups excluding carboxylic acids is 1. The molecule has 9 heteroatoms. The fraction of sp³-hybridized carbons (Fsp3) is 0.212. The van der Waals surface area contributed by atoms with Gasteiger partial charge in [0.05, 0.1) is 5.92 Å². The van der Waals surface area contributed by atoms with Crippen LogP contribution in [0.3, 0.4) is 0 Å². The van der Waals surface area contributed by atoms with Crippen molar-refractivity contribution in [1.29, 1.82) is 0 Å². The van der Waals surface area contributed by atoms with E-state index in [1.807, 2.05) is 42.5 Å². The minimum absolute atomic E-state index is 0.0575. The first-order chi connectivity index (χ1) is 20.1. The topological polar surface area (TPSA) is 181 Å². The normalized spacial score (nSPS) is 14.0. The van der Waals surface area contributed by atoms with E-state index in [1.54, 1.807) is 48.5 Å². The molecule has 0 aromatic heterocycles. The lowest BCUT2D eigenvalue weighted by Gasteiger charge is -2.27. The van der Waals surface area contributed by atoms with Crippen molar-refractivity contribution in [3.63, 3.8) is 0 Å². The summed E-state index contributed by atoms with van der Waals surface area (Å²) < 4.78 is 0. The Hall–Kier alpha value is -4.86. The second-order valence-corrected chi connectivity index (χ2v) is 10.3. The van der Waals surface area contributed by atoms with Crippen molar-refractivity contribution < 1.29 is 34.5 Å². The summed E-state index contributed by atoms with van der Waals surface area (Å²) in [6.07, 6.45) is -0.196. The maximum absolute atomic E-state index is 14.4. The summed E-state index contributed by atoms with van der Waals surface area (Å²) >= 11 is 0. The Morgan fingerprint density at radius 2 is 1.14 bits per heavy atom. The summed E-state index contributed by atoms with van der Waals surface area (Å²) in [5.74, 6) is -6.70. The SMILES string of the molecule is N[C@H](Cc1ccccc1C(=O)[C@H](Cc1ccc2cccccc1-2)[C@@H](C(=O)O)c1ccccc1C[C@@H](N)C(=O)O)C(=O)O. The van der Waals surface area contributed by atoms with E-state index < -0.39 is 47.6 Å². The summed E-state index contributed by atoms with van der Waals surface area (Å²) in [5, 5.41) is 29.4. The summed E-state index contributed by atoms with van der Waals surface area (Å²) in [6.45, 7) is 0. The van der Waals surface area contributed by atoms with Crippen molar-refractivity contribution in [2.75, 3.05) is 0 Å². The number of rotatable bonds is 13. The number of ketones is 1. The molecule has 2 aromatic rings. The number of hydrogen-bond acceptors (Lipinski definition) is 6. The van der Waals surface area contributed by atoms with Crippen LogP contribution in [-0.4, -0.2) is 51.1 Å². The van der Waals surface area contributed by atoms with E-state index in [4.69, 9.17) is 11.5 Å². The molecular weight excluding hydrogens is 536 g/mol. The standard InChI is InChI=1S/C33H32N2O7/c34-27(31(37)38)17-20-9-4-6-12-24(20)29(33(41)42)26(16-22-15-14-19-8-2-1-3-11-23(19)22)30(36)25-13-7-5-10-21(25)18-28(35)32(39)40/h1-15,26-29H,16-18,34-35H2,(H,37,38)(H,39,40)(H,41,42)/t26-,27-,28-,29+/m1/s1. The third kappa shape index (κ3) is 6.71. The second-order valence-electron chi connectivity index (χ2n) is 10.3. The molecule has 2 aliphatic carbocycles. The molecule has 0 radical (unpaired) electrons. The van der Waals surface area contributed by atoms with Crippen LogP contribution in [-0.2, 0) is 33.6 Å². The van der Waals surface area contributed by atoms with Gasteiger partial charge in [0.2, 0.25) is 0 Å². The lowest BCUT2D eigenvalue weighted by molar-refractivity contribution is -0.140. The van der Waals surface area contributed by atoms with E-state index in [0.29, 0.717) is 16.7 Å². The molecule has 0 aliphatic heterocycles. The zero-order valence-electron chi connectivity index (χ0n) is 22.7. The van der Waals surface area contributed by atoms with E-state index in [2.05, 4.69) is 0 Å². The average Bonchev–Trinajstić information content (AvgIpc) is 3.17. The number of aliphatic carboxylic acids is 3. The highest BCUT2D eigenvalue weighted by Crippen LogP contribution is 2.37. The summed E-state index contributed by atoms with van der Waals surface area (Å²) in [7, 11) is 0.